The van der Waals surface area contributed by atoms with Gasteiger partial charge < -0.3 is 15.6 Å². The first kappa shape index (κ1) is 13.6. The number of pyridine rings is 1. The molecule has 7 nitrogen and oxygen atoms in total. The van der Waals surface area contributed by atoms with E-state index in [1.165, 1.54) is 6.07 Å². The molecule has 110 valence electrons. The number of carboxylic acid groups (broad SMARTS) is 1. The van der Waals surface area contributed by atoms with Crippen LogP contribution in [-0.4, -0.2) is 39.1 Å². The van der Waals surface area contributed by atoms with Crippen LogP contribution in [0.4, 0.5) is 5.82 Å². The molecule has 3 heterocycles. The monoisotopic (exact) mass is 288 g/mol. The normalized spacial score (nSPS) is 16.0. The second kappa shape index (κ2) is 5.53. The van der Waals surface area contributed by atoms with Crippen LogP contribution in [0, 0.1) is 0 Å². The van der Waals surface area contributed by atoms with Gasteiger partial charge in [0.05, 0.1) is 12.2 Å². The number of anilines is 1. The standard InChI is InChI=1S/C14H16N4O3/c15-13-12(14(19)20)5-9(6-16-13)10-7-17-18(8-10)11-1-3-21-4-2-11/h5-8,11H,1-4H2,(H2,15,16)(H,19,20). The van der Waals surface area contributed by atoms with Crippen molar-refractivity contribution in [1.82, 2.24) is 14.8 Å². The quantitative estimate of drug-likeness (QED) is 0.888. The molecule has 0 aromatic carbocycles. The number of carboxylic acids is 1. The number of nitrogens with zero attached hydrogens (tertiary/aromatic N) is 3. The Kier molecular flexibility index (Phi) is 3.57. The summed E-state index contributed by atoms with van der Waals surface area (Å²) >= 11 is 0. The van der Waals surface area contributed by atoms with E-state index in [4.69, 9.17) is 15.6 Å². The molecule has 0 saturated carbocycles. The van der Waals surface area contributed by atoms with Crippen LogP contribution in [0.3, 0.4) is 0 Å². The van der Waals surface area contributed by atoms with Crippen LogP contribution in [-0.2, 0) is 4.74 Å². The van der Waals surface area contributed by atoms with E-state index in [1.807, 2.05) is 10.9 Å². The minimum atomic E-state index is -1.08. The summed E-state index contributed by atoms with van der Waals surface area (Å²) in [7, 11) is 0. The third-order valence-corrected chi connectivity index (χ3v) is 3.65. The number of nitrogen functional groups attached to an aromatic ring is 1. The molecule has 1 fully saturated rings. The number of hydrogen-bond acceptors (Lipinski definition) is 5. The molecule has 0 aliphatic carbocycles. The van der Waals surface area contributed by atoms with Gasteiger partial charge in [0.25, 0.3) is 0 Å². The molecule has 0 radical (unpaired) electrons. The number of carbonyl (C=O) groups is 1. The fraction of sp³-hybridized carbons (Fsp3) is 0.357. The van der Waals surface area contributed by atoms with E-state index in [0.717, 1.165) is 31.6 Å². The molecule has 7 heteroatoms. The molecule has 2 aromatic heterocycles. The molecule has 0 unspecified atom stereocenters. The van der Waals surface area contributed by atoms with Gasteiger partial charge >= 0.3 is 5.97 Å². The van der Waals surface area contributed by atoms with E-state index in [-0.39, 0.29) is 11.4 Å². The predicted octanol–water partition coefficient (Wildman–Crippen LogP) is 1.58. The highest BCUT2D eigenvalue weighted by Gasteiger charge is 2.17. The Morgan fingerprint density at radius 2 is 2.10 bits per heavy atom. The molecule has 1 aliphatic heterocycles. The van der Waals surface area contributed by atoms with Crippen LogP contribution in [0.15, 0.2) is 24.7 Å². The smallest absolute Gasteiger partial charge is 0.339 e. The molecule has 3 N–H and O–H groups in total. The lowest BCUT2D eigenvalue weighted by Gasteiger charge is -2.22. The maximum atomic E-state index is 11.1. The topological polar surface area (TPSA) is 103 Å². The van der Waals surface area contributed by atoms with Crippen molar-refractivity contribution in [2.24, 2.45) is 0 Å². The third kappa shape index (κ3) is 2.73. The van der Waals surface area contributed by atoms with Gasteiger partial charge in [0, 0.05) is 36.7 Å². The first-order valence-electron chi connectivity index (χ1n) is 6.76. The van der Waals surface area contributed by atoms with E-state index < -0.39 is 5.97 Å². The first-order chi connectivity index (χ1) is 10.1. The van der Waals surface area contributed by atoms with Gasteiger partial charge in [-0.05, 0) is 18.9 Å². The summed E-state index contributed by atoms with van der Waals surface area (Å²) in [5.74, 6) is -1.07. The van der Waals surface area contributed by atoms with Crippen molar-refractivity contribution in [3.63, 3.8) is 0 Å². The van der Waals surface area contributed by atoms with Crippen molar-refractivity contribution >= 4 is 11.8 Å². The summed E-state index contributed by atoms with van der Waals surface area (Å²) in [6, 6.07) is 1.85. The number of aromatic carboxylic acids is 1. The molecular formula is C14H16N4O3. The highest BCUT2D eigenvalue weighted by atomic mass is 16.5. The highest BCUT2D eigenvalue weighted by molar-refractivity contribution is 5.94. The Balaban J connectivity index is 1.89. The van der Waals surface area contributed by atoms with Crippen LogP contribution in [0.1, 0.15) is 29.2 Å². The van der Waals surface area contributed by atoms with Crippen LogP contribution in [0.5, 0.6) is 0 Å². The Labute approximate surface area is 121 Å². The van der Waals surface area contributed by atoms with Gasteiger partial charge in [-0.15, -0.1) is 0 Å². The zero-order chi connectivity index (χ0) is 14.8. The van der Waals surface area contributed by atoms with Crippen LogP contribution in [0.25, 0.3) is 11.1 Å². The minimum absolute atomic E-state index is 0.00585. The van der Waals surface area contributed by atoms with E-state index in [1.54, 1.807) is 12.4 Å². The number of nitrogens with two attached hydrogens (primary N) is 1. The van der Waals surface area contributed by atoms with Gasteiger partial charge in [-0.1, -0.05) is 0 Å². The van der Waals surface area contributed by atoms with Crippen molar-refractivity contribution in [3.05, 3.63) is 30.2 Å². The molecule has 0 amide bonds. The lowest BCUT2D eigenvalue weighted by atomic mass is 10.1. The largest absolute Gasteiger partial charge is 0.478 e. The maximum Gasteiger partial charge on any atom is 0.339 e. The number of aromatic nitrogens is 3. The van der Waals surface area contributed by atoms with Gasteiger partial charge in [-0.3, -0.25) is 4.68 Å². The first-order valence-corrected chi connectivity index (χ1v) is 6.76. The Bertz CT molecular complexity index is 662. The van der Waals surface area contributed by atoms with Crippen LogP contribution >= 0.6 is 0 Å². The van der Waals surface area contributed by atoms with Crippen molar-refractivity contribution in [2.45, 2.75) is 18.9 Å². The fourth-order valence-corrected chi connectivity index (χ4v) is 2.44. The zero-order valence-corrected chi connectivity index (χ0v) is 11.4. The molecule has 0 bridgehead atoms. The average Bonchev–Trinajstić information content (AvgIpc) is 2.98. The summed E-state index contributed by atoms with van der Waals surface area (Å²) in [6.45, 7) is 1.49. The second-order valence-corrected chi connectivity index (χ2v) is 5.01. The lowest BCUT2D eigenvalue weighted by Crippen LogP contribution is -2.19. The SMILES string of the molecule is Nc1ncc(-c2cnn(C3CCOCC3)c2)cc1C(=O)O. The summed E-state index contributed by atoms with van der Waals surface area (Å²) in [5.41, 5.74) is 7.09. The summed E-state index contributed by atoms with van der Waals surface area (Å²) in [4.78, 5) is 15.0. The Morgan fingerprint density at radius 3 is 2.81 bits per heavy atom. The lowest BCUT2D eigenvalue weighted by molar-refractivity contribution is 0.0662. The van der Waals surface area contributed by atoms with Crippen LogP contribution in [0.2, 0.25) is 0 Å². The second-order valence-electron chi connectivity index (χ2n) is 5.01. The Hall–Kier alpha value is -2.41. The molecule has 2 aromatic rings. The molecule has 1 saturated heterocycles. The maximum absolute atomic E-state index is 11.1. The van der Waals surface area contributed by atoms with Gasteiger partial charge in [0.2, 0.25) is 0 Å². The van der Waals surface area contributed by atoms with Crippen molar-refractivity contribution in [1.29, 1.82) is 0 Å². The van der Waals surface area contributed by atoms with E-state index in [9.17, 15) is 4.79 Å². The summed E-state index contributed by atoms with van der Waals surface area (Å²) < 4.78 is 7.25. The van der Waals surface area contributed by atoms with E-state index in [2.05, 4.69) is 10.1 Å². The van der Waals surface area contributed by atoms with Gasteiger partial charge in [0.15, 0.2) is 0 Å². The summed E-state index contributed by atoms with van der Waals surface area (Å²) in [5, 5.41) is 13.5. The predicted molar refractivity (Wildman–Crippen MR) is 75.9 cm³/mol. The highest BCUT2D eigenvalue weighted by Crippen LogP contribution is 2.25. The van der Waals surface area contributed by atoms with Crippen molar-refractivity contribution < 1.29 is 14.6 Å². The van der Waals surface area contributed by atoms with Gasteiger partial charge in [-0.25, -0.2) is 9.78 Å². The number of rotatable bonds is 3. The van der Waals surface area contributed by atoms with Crippen molar-refractivity contribution in [3.8, 4) is 11.1 Å². The van der Waals surface area contributed by atoms with E-state index in [0.29, 0.717) is 11.6 Å². The molecule has 0 spiro atoms. The molecule has 0 atom stereocenters. The van der Waals surface area contributed by atoms with Crippen LogP contribution < -0.4 is 5.73 Å². The van der Waals surface area contributed by atoms with Gasteiger partial charge in [-0.2, -0.15) is 5.10 Å². The number of ether oxygens (including phenoxy) is 1. The average molecular weight is 288 g/mol. The summed E-state index contributed by atoms with van der Waals surface area (Å²) in [6.07, 6.45) is 7.05. The van der Waals surface area contributed by atoms with E-state index >= 15 is 0 Å². The zero-order valence-electron chi connectivity index (χ0n) is 11.4. The molecule has 3 rings (SSSR count). The number of hydrogen-bond donors (Lipinski definition) is 2. The third-order valence-electron chi connectivity index (χ3n) is 3.65. The fourth-order valence-electron chi connectivity index (χ4n) is 2.44. The minimum Gasteiger partial charge on any atom is -0.478 e. The Morgan fingerprint density at radius 1 is 1.33 bits per heavy atom. The molecule has 21 heavy (non-hydrogen) atoms. The molecular weight excluding hydrogens is 272 g/mol. The molecule has 1 aliphatic rings. The van der Waals surface area contributed by atoms with Gasteiger partial charge in [0.1, 0.15) is 11.4 Å². The van der Waals surface area contributed by atoms with Crippen molar-refractivity contribution in [2.75, 3.05) is 18.9 Å².